The first-order valence-corrected chi connectivity index (χ1v) is 8.03. The van der Waals surface area contributed by atoms with E-state index in [0.29, 0.717) is 12.8 Å². The summed E-state index contributed by atoms with van der Waals surface area (Å²) in [5.74, 6) is -0.270. The van der Waals surface area contributed by atoms with Gasteiger partial charge in [-0.05, 0) is 22.3 Å². The molecule has 2 aromatic carbocycles. The van der Waals surface area contributed by atoms with Crippen molar-refractivity contribution >= 4 is 12.1 Å². The summed E-state index contributed by atoms with van der Waals surface area (Å²) in [6.45, 7) is 0.251. The van der Waals surface area contributed by atoms with Crippen molar-refractivity contribution in [3.05, 3.63) is 59.7 Å². The van der Waals surface area contributed by atoms with Gasteiger partial charge in [0.1, 0.15) is 6.61 Å². The highest BCUT2D eigenvalue weighted by Crippen LogP contribution is 2.44. The zero-order valence-corrected chi connectivity index (χ0v) is 13.0. The lowest BCUT2D eigenvalue weighted by atomic mass is 9.98. The number of cyclic esters (lactones) is 1. The minimum atomic E-state index is -0.576. The van der Waals surface area contributed by atoms with E-state index in [4.69, 9.17) is 9.47 Å². The third kappa shape index (κ3) is 2.62. The van der Waals surface area contributed by atoms with Crippen LogP contribution in [-0.4, -0.2) is 24.9 Å². The van der Waals surface area contributed by atoms with Crippen LogP contribution in [-0.2, 0) is 14.3 Å². The molecule has 1 aliphatic heterocycles. The topological polar surface area (TPSA) is 64.6 Å². The fourth-order valence-corrected chi connectivity index (χ4v) is 3.40. The molecule has 0 spiro atoms. The predicted molar refractivity (Wildman–Crippen MR) is 87.3 cm³/mol. The molecule has 0 saturated carbocycles. The standard InChI is InChI=1S/C19H17NO4/c21-18-10-9-17(24-18)20-19(22)23-11-16-14-7-3-1-5-12(14)13-6-2-4-8-15(13)16/h1-8,16-17H,9-11H2,(H,20,22). The lowest BCUT2D eigenvalue weighted by Gasteiger charge is -2.16. The van der Waals surface area contributed by atoms with Crippen LogP contribution in [0.25, 0.3) is 11.1 Å². The number of carbonyl (C=O) groups excluding carboxylic acids is 2. The second-order valence-electron chi connectivity index (χ2n) is 5.99. The van der Waals surface area contributed by atoms with E-state index in [9.17, 15) is 9.59 Å². The maximum absolute atomic E-state index is 12.0. The van der Waals surface area contributed by atoms with Crippen LogP contribution in [0.1, 0.15) is 29.9 Å². The summed E-state index contributed by atoms with van der Waals surface area (Å²) in [6.07, 6.45) is -0.318. The van der Waals surface area contributed by atoms with Gasteiger partial charge in [0.15, 0.2) is 6.23 Å². The molecule has 1 fully saturated rings. The monoisotopic (exact) mass is 323 g/mol. The number of esters is 1. The molecule has 4 rings (SSSR count). The largest absolute Gasteiger partial charge is 0.448 e. The van der Waals surface area contributed by atoms with Gasteiger partial charge in [0.25, 0.3) is 0 Å². The molecule has 1 amide bonds. The molecule has 5 nitrogen and oxygen atoms in total. The van der Waals surface area contributed by atoms with Crippen molar-refractivity contribution in [1.29, 1.82) is 0 Å². The van der Waals surface area contributed by atoms with Crippen LogP contribution in [0.15, 0.2) is 48.5 Å². The van der Waals surface area contributed by atoms with Gasteiger partial charge in [-0.3, -0.25) is 10.1 Å². The van der Waals surface area contributed by atoms with Crippen molar-refractivity contribution in [3.63, 3.8) is 0 Å². The average molecular weight is 323 g/mol. The quantitative estimate of drug-likeness (QED) is 0.881. The lowest BCUT2D eigenvalue weighted by molar-refractivity contribution is -0.142. The van der Waals surface area contributed by atoms with Crippen LogP contribution in [0.2, 0.25) is 0 Å². The Hall–Kier alpha value is -2.82. The summed E-state index contributed by atoms with van der Waals surface area (Å²) in [5, 5.41) is 2.58. The normalized spacial score (nSPS) is 18.7. The minimum Gasteiger partial charge on any atom is -0.448 e. The van der Waals surface area contributed by atoms with Crippen molar-refractivity contribution in [2.75, 3.05) is 6.61 Å². The highest BCUT2D eigenvalue weighted by Gasteiger charge is 2.30. The third-order valence-corrected chi connectivity index (χ3v) is 4.51. The Morgan fingerprint density at radius 1 is 1.08 bits per heavy atom. The first-order chi connectivity index (χ1) is 11.7. The number of fused-ring (bicyclic) bond motifs is 3. The van der Waals surface area contributed by atoms with E-state index >= 15 is 0 Å². The number of hydrogen-bond donors (Lipinski definition) is 1. The third-order valence-electron chi connectivity index (χ3n) is 4.51. The molecule has 1 unspecified atom stereocenters. The fourth-order valence-electron chi connectivity index (χ4n) is 3.40. The summed E-state index contributed by atoms with van der Waals surface area (Å²) in [6, 6.07) is 16.3. The first-order valence-electron chi connectivity index (χ1n) is 8.03. The number of hydrogen-bond acceptors (Lipinski definition) is 4. The number of alkyl carbamates (subject to hydrolysis) is 1. The molecule has 2 aliphatic rings. The molecular formula is C19H17NO4. The molecular weight excluding hydrogens is 306 g/mol. The SMILES string of the molecule is O=C1CCC(NC(=O)OCC2c3ccccc3-c3ccccc32)O1. The Morgan fingerprint density at radius 3 is 2.29 bits per heavy atom. The summed E-state index contributed by atoms with van der Waals surface area (Å²) >= 11 is 0. The highest BCUT2D eigenvalue weighted by atomic mass is 16.6. The first kappa shape index (κ1) is 14.8. The zero-order valence-electron chi connectivity index (χ0n) is 13.0. The molecule has 5 heteroatoms. The van der Waals surface area contributed by atoms with Crippen LogP contribution >= 0.6 is 0 Å². The van der Waals surface area contributed by atoms with Crippen molar-refractivity contribution in [3.8, 4) is 11.1 Å². The van der Waals surface area contributed by atoms with Gasteiger partial charge < -0.3 is 9.47 Å². The van der Waals surface area contributed by atoms with E-state index in [1.807, 2.05) is 24.3 Å². The molecule has 1 aliphatic carbocycles. The Balaban J connectivity index is 1.47. The van der Waals surface area contributed by atoms with Crippen LogP contribution < -0.4 is 5.32 Å². The molecule has 0 bridgehead atoms. The van der Waals surface area contributed by atoms with Gasteiger partial charge in [0.2, 0.25) is 0 Å². The van der Waals surface area contributed by atoms with Crippen LogP contribution in [0, 0.1) is 0 Å². The van der Waals surface area contributed by atoms with Crippen LogP contribution in [0.5, 0.6) is 0 Å². The average Bonchev–Trinajstić information content (AvgIpc) is 3.14. The molecule has 1 atom stereocenters. The van der Waals surface area contributed by atoms with Gasteiger partial charge in [0, 0.05) is 12.3 Å². The van der Waals surface area contributed by atoms with E-state index in [2.05, 4.69) is 29.6 Å². The number of rotatable bonds is 3. The highest BCUT2D eigenvalue weighted by molar-refractivity contribution is 5.79. The van der Waals surface area contributed by atoms with Crippen molar-refractivity contribution in [2.24, 2.45) is 0 Å². The molecule has 24 heavy (non-hydrogen) atoms. The minimum absolute atomic E-state index is 0.0225. The number of benzene rings is 2. The Morgan fingerprint density at radius 2 is 1.71 bits per heavy atom. The number of amides is 1. The maximum atomic E-state index is 12.0. The van der Waals surface area contributed by atoms with E-state index in [1.165, 1.54) is 22.3 Å². The maximum Gasteiger partial charge on any atom is 0.410 e. The lowest BCUT2D eigenvalue weighted by Crippen LogP contribution is -2.35. The van der Waals surface area contributed by atoms with E-state index < -0.39 is 12.3 Å². The molecule has 2 aromatic rings. The zero-order chi connectivity index (χ0) is 16.5. The van der Waals surface area contributed by atoms with E-state index in [-0.39, 0.29) is 18.5 Å². The number of ether oxygens (including phenoxy) is 2. The molecule has 0 aromatic heterocycles. The van der Waals surface area contributed by atoms with E-state index in [1.54, 1.807) is 0 Å². The molecule has 1 N–H and O–H groups in total. The number of nitrogens with one attached hydrogen (secondary N) is 1. The van der Waals surface area contributed by atoms with E-state index in [0.717, 1.165) is 0 Å². The molecule has 0 radical (unpaired) electrons. The van der Waals surface area contributed by atoms with Crippen molar-refractivity contribution in [1.82, 2.24) is 5.32 Å². The summed E-state index contributed by atoms with van der Waals surface area (Å²) in [7, 11) is 0. The number of carbonyl (C=O) groups is 2. The van der Waals surface area contributed by atoms with Gasteiger partial charge in [-0.1, -0.05) is 48.5 Å². The molecule has 122 valence electrons. The predicted octanol–water partition coefficient (Wildman–Crippen LogP) is 3.19. The Labute approximate surface area is 139 Å². The second kappa shape index (κ2) is 6.00. The van der Waals surface area contributed by atoms with Gasteiger partial charge in [0.05, 0.1) is 6.42 Å². The summed E-state index contributed by atoms with van der Waals surface area (Å²) in [5.41, 5.74) is 4.70. The Bertz CT molecular complexity index is 756. The van der Waals surface area contributed by atoms with Crippen molar-refractivity contribution < 1.29 is 19.1 Å². The van der Waals surface area contributed by atoms with Gasteiger partial charge in [-0.25, -0.2) is 4.79 Å². The van der Waals surface area contributed by atoms with Gasteiger partial charge >= 0.3 is 12.1 Å². The van der Waals surface area contributed by atoms with Crippen LogP contribution in [0.3, 0.4) is 0 Å². The summed E-state index contributed by atoms with van der Waals surface area (Å²) < 4.78 is 10.4. The van der Waals surface area contributed by atoms with Crippen molar-refractivity contribution in [2.45, 2.75) is 25.0 Å². The van der Waals surface area contributed by atoms with Gasteiger partial charge in [-0.15, -0.1) is 0 Å². The Kier molecular flexibility index (Phi) is 3.69. The summed E-state index contributed by atoms with van der Waals surface area (Å²) in [4.78, 5) is 23.0. The molecule has 1 heterocycles. The molecule has 1 saturated heterocycles. The second-order valence-corrected chi connectivity index (χ2v) is 5.99. The van der Waals surface area contributed by atoms with Gasteiger partial charge in [-0.2, -0.15) is 0 Å². The fraction of sp³-hybridized carbons (Fsp3) is 0.263. The van der Waals surface area contributed by atoms with Crippen LogP contribution in [0.4, 0.5) is 4.79 Å². The smallest absolute Gasteiger partial charge is 0.410 e.